The largest absolute Gasteiger partial charge is 0.335 e. The third kappa shape index (κ3) is 3.35. The van der Waals surface area contributed by atoms with E-state index in [0.29, 0.717) is 0 Å². The lowest BCUT2D eigenvalue weighted by Crippen LogP contribution is -1.95. The number of aromatic nitrogens is 2. The van der Waals surface area contributed by atoms with Crippen molar-refractivity contribution in [2.75, 3.05) is 0 Å². The standard InChI is InChI=1S/C10H18N2S/c1-3-4-5-6-7-12-8-9(2)11-10(12)13/h8H,3-7H2,1-2H3,(H,11,13). The van der Waals surface area contributed by atoms with E-state index in [1.807, 2.05) is 6.92 Å². The highest BCUT2D eigenvalue weighted by Crippen LogP contribution is 2.03. The summed E-state index contributed by atoms with van der Waals surface area (Å²) in [6.07, 6.45) is 7.25. The van der Waals surface area contributed by atoms with Gasteiger partial charge in [-0.15, -0.1) is 0 Å². The quantitative estimate of drug-likeness (QED) is 0.568. The minimum atomic E-state index is 0.856. The Hall–Kier alpha value is -0.570. The molecule has 0 unspecified atom stereocenters. The van der Waals surface area contributed by atoms with Gasteiger partial charge in [0.05, 0.1) is 0 Å². The van der Waals surface area contributed by atoms with Crippen LogP contribution in [0.15, 0.2) is 6.20 Å². The van der Waals surface area contributed by atoms with Crippen LogP contribution in [0.25, 0.3) is 0 Å². The zero-order chi connectivity index (χ0) is 9.68. The molecule has 3 heteroatoms. The van der Waals surface area contributed by atoms with Gasteiger partial charge in [-0.3, -0.25) is 0 Å². The Bertz CT molecular complexity index is 298. The van der Waals surface area contributed by atoms with E-state index in [4.69, 9.17) is 12.2 Å². The predicted molar refractivity (Wildman–Crippen MR) is 58.5 cm³/mol. The summed E-state index contributed by atoms with van der Waals surface area (Å²) in [6, 6.07) is 0. The minimum absolute atomic E-state index is 0.856. The summed E-state index contributed by atoms with van der Waals surface area (Å²) in [4.78, 5) is 3.13. The molecule has 1 heterocycles. The lowest BCUT2D eigenvalue weighted by atomic mass is 10.2. The molecule has 0 radical (unpaired) electrons. The van der Waals surface area contributed by atoms with Gasteiger partial charge in [-0.1, -0.05) is 26.2 Å². The topological polar surface area (TPSA) is 20.7 Å². The van der Waals surface area contributed by atoms with Crippen LogP contribution in [0.3, 0.4) is 0 Å². The molecule has 0 aliphatic rings. The lowest BCUT2D eigenvalue weighted by Gasteiger charge is -2.00. The number of nitrogens with zero attached hydrogens (tertiary/aromatic N) is 1. The van der Waals surface area contributed by atoms with E-state index in [1.54, 1.807) is 0 Å². The van der Waals surface area contributed by atoms with Crippen LogP contribution in [0.5, 0.6) is 0 Å². The first-order chi connectivity index (χ1) is 6.24. The predicted octanol–water partition coefficient (Wildman–Crippen LogP) is 3.43. The van der Waals surface area contributed by atoms with Crippen LogP contribution in [0.2, 0.25) is 0 Å². The van der Waals surface area contributed by atoms with E-state index >= 15 is 0 Å². The highest BCUT2D eigenvalue weighted by atomic mass is 32.1. The van der Waals surface area contributed by atoms with Gasteiger partial charge in [0.2, 0.25) is 0 Å². The number of rotatable bonds is 5. The van der Waals surface area contributed by atoms with Crippen LogP contribution in [0.4, 0.5) is 0 Å². The molecule has 0 spiro atoms. The van der Waals surface area contributed by atoms with Crippen molar-refractivity contribution in [3.63, 3.8) is 0 Å². The molecule has 0 aliphatic heterocycles. The van der Waals surface area contributed by atoms with E-state index in [-0.39, 0.29) is 0 Å². The molecule has 13 heavy (non-hydrogen) atoms. The Morgan fingerprint density at radius 3 is 2.69 bits per heavy atom. The van der Waals surface area contributed by atoms with Crippen molar-refractivity contribution in [3.8, 4) is 0 Å². The van der Waals surface area contributed by atoms with Crippen LogP contribution in [0.1, 0.15) is 38.3 Å². The maximum absolute atomic E-state index is 5.16. The number of hydrogen-bond donors (Lipinski definition) is 1. The molecule has 1 aromatic rings. The average molecular weight is 198 g/mol. The minimum Gasteiger partial charge on any atom is -0.335 e. The van der Waals surface area contributed by atoms with E-state index in [9.17, 15) is 0 Å². The summed E-state index contributed by atoms with van der Waals surface area (Å²) < 4.78 is 2.98. The second kappa shape index (κ2) is 5.22. The van der Waals surface area contributed by atoms with Crippen molar-refractivity contribution < 1.29 is 0 Å². The van der Waals surface area contributed by atoms with E-state index in [0.717, 1.165) is 17.0 Å². The molecule has 0 saturated heterocycles. The summed E-state index contributed by atoms with van der Waals surface area (Å²) in [5.41, 5.74) is 1.15. The first-order valence-corrected chi connectivity index (χ1v) is 5.41. The molecular weight excluding hydrogens is 180 g/mol. The van der Waals surface area contributed by atoms with Crippen LogP contribution in [-0.2, 0) is 6.54 Å². The van der Waals surface area contributed by atoms with Gasteiger partial charge >= 0.3 is 0 Å². The van der Waals surface area contributed by atoms with Crippen LogP contribution >= 0.6 is 12.2 Å². The van der Waals surface area contributed by atoms with Gasteiger partial charge in [0.1, 0.15) is 0 Å². The van der Waals surface area contributed by atoms with E-state index < -0.39 is 0 Å². The lowest BCUT2D eigenvalue weighted by molar-refractivity contribution is 0.578. The Balaban J connectivity index is 2.36. The number of H-pyrrole nitrogens is 1. The fourth-order valence-electron chi connectivity index (χ4n) is 1.44. The molecule has 0 amide bonds. The molecule has 1 rings (SSSR count). The van der Waals surface area contributed by atoms with Gasteiger partial charge in [0.15, 0.2) is 4.77 Å². The van der Waals surface area contributed by atoms with E-state index in [1.165, 1.54) is 25.7 Å². The van der Waals surface area contributed by atoms with Gasteiger partial charge in [-0.05, 0) is 25.6 Å². The zero-order valence-electron chi connectivity index (χ0n) is 8.47. The Morgan fingerprint density at radius 2 is 2.15 bits per heavy atom. The van der Waals surface area contributed by atoms with Gasteiger partial charge in [0.25, 0.3) is 0 Å². The molecule has 0 fully saturated rings. The van der Waals surface area contributed by atoms with Crippen LogP contribution < -0.4 is 0 Å². The van der Waals surface area contributed by atoms with Crippen LogP contribution in [-0.4, -0.2) is 9.55 Å². The maximum atomic E-state index is 5.16. The van der Waals surface area contributed by atoms with Crippen molar-refractivity contribution in [1.82, 2.24) is 9.55 Å². The summed E-state index contributed by atoms with van der Waals surface area (Å²) in [5.74, 6) is 0. The summed E-state index contributed by atoms with van der Waals surface area (Å²) in [5, 5.41) is 0. The number of hydrogen-bond acceptors (Lipinski definition) is 1. The second-order valence-electron chi connectivity index (χ2n) is 3.50. The maximum Gasteiger partial charge on any atom is 0.177 e. The van der Waals surface area contributed by atoms with Crippen LogP contribution in [0, 0.1) is 11.7 Å². The first-order valence-electron chi connectivity index (χ1n) is 5.00. The number of nitrogens with one attached hydrogen (secondary N) is 1. The SMILES string of the molecule is CCCCCCn1cc(C)[nH]c1=S. The molecular formula is C10H18N2S. The summed E-state index contributed by atoms with van der Waals surface area (Å²) in [7, 11) is 0. The Kier molecular flexibility index (Phi) is 4.22. The molecule has 0 atom stereocenters. The third-order valence-electron chi connectivity index (χ3n) is 2.17. The molecule has 74 valence electrons. The summed E-state index contributed by atoms with van der Waals surface area (Å²) in [6.45, 7) is 5.33. The number of unbranched alkanes of at least 4 members (excludes halogenated alkanes) is 3. The molecule has 1 aromatic heterocycles. The van der Waals surface area contributed by atoms with Crippen molar-refractivity contribution in [2.24, 2.45) is 0 Å². The molecule has 1 N–H and O–H groups in total. The Labute approximate surface area is 85.0 Å². The molecule has 0 aliphatic carbocycles. The highest BCUT2D eigenvalue weighted by Gasteiger charge is 1.95. The van der Waals surface area contributed by atoms with Gasteiger partial charge < -0.3 is 9.55 Å². The number of imidazole rings is 1. The fraction of sp³-hybridized carbons (Fsp3) is 0.700. The third-order valence-corrected chi connectivity index (χ3v) is 2.50. The number of aryl methyl sites for hydroxylation is 2. The highest BCUT2D eigenvalue weighted by molar-refractivity contribution is 7.71. The smallest absolute Gasteiger partial charge is 0.177 e. The van der Waals surface area contributed by atoms with Gasteiger partial charge in [0, 0.05) is 18.4 Å². The molecule has 2 nitrogen and oxygen atoms in total. The monoisotopic (exact) mass is 198 g/mol. The number of aromatic amines is 1. The zero-order valence-corrected chi connectivity index (χ0v) is 9.28. The second-order valence-corrected chi connectivity index (χ2v) is 3.88. The van der Waals surface area contributed by atoms with Gasteiger partial charge in [-0.2, -0.15) is 0 Å². The van der Waals surface area contributed by atoms with E-state index in [2.05, 4.69) is 22.7 Å². The van der Waals surface area contributed by atoms with Gasteiger partial charge in [-0.25, -0.2) is 0 Å². The molecule has 0 bridgehead atoms. The molecule has 0 saturated carbocycles. The van der Waals surface area contributed by atoms with Crippen molar-refractivity contribution >= 4 is 12.2 Å². The fourth-order valence-corrected chi connectivity index (χ4v) is 1.75. The average Bonchev–Trinajstić information content (AvgIpc) is 2.39. The Morgan fingerprint density at radius 1 is 1.38 bits per heavy atom. The van der Waals surface area contributed by atoms with Crippen molar-refractivity contribution in [1.29, 1.82) is 0 Å². The summed E-state index contributed by atoms with van der Waals surface area (Å²) >= 11 is 5.16. The normalized spacial score (nSPS) is 10.6. The molecule has 0 aromatic carbocycles. The first kappa shape index (κ1) is 10.5. The van der Waals surface area contributed by atoms with Crippen molar-refractivity contribution in [2.45, 2.75) is 46.1 Å². The van der Waals surface area contributed by atoms with Crippen molar-refractivity contribution in [3.05, 3.63) is 16.7 Å².